The number of unbranched alkanes of at least 4 members (excludes halogenated alkanes) is 1. The number of hydrogen-bond acceptors (Lipinski definition) is 9. The number of halogens is 1. The summed E-state index contributed by atoms with van der Waals surface area (Å²) >= 11 is 6.68. The van der Waals surface area contributed by atoms with E-state index in [0.717, 1.165) is 31.8 Å². The number of allylic oxidation sites excluding steroid dienone is 1. The molecule has 1 amide bonds. The van der Waals surface area contributed by atoms with E-state index < -0.39 is 0 Å². The zero-order valence-corrected chi connectivity index (χ0v) is 29.7. The van der Waals surface area contributed by atoms with E-state index in [2.05, 4.69) is 52.7 Å². The number of ether oxygens (including phenoxy) is 1. The summed E-state index contributed by atoms with van der Waals surface area (Å²) in [5.74, 6) is 1.80. The molecular formula is C35H52ClN7O3. The Bertz CT molecular complexity index is 1410. The molecule has 0 unspecified atom stereocenters. The lowest BCUT2D eigenvalue weighted by Gasteiger charge is -2.38. The number of likely N-dealkylation sites (N-methyl/N-ethyl adjacent to an activating group) is 2. The molecule has 0 bridgehead atoms. The predicted octanol–water partition coefficient (Wildman–Crippen LogP) is 6.20. The number of aliphatic imine (C=N–C) groups is 1. The average molecular weight is 654 g/mol. The van der Waals surface area contributed by atoms with Crippen molar-refractivity contribution in [3.05, 3.63) is 64.8 Å². The van der Waals surface area contributed by atoms with Crippen molar-refractivity contribution in [2.24, 2.45) is 4.99 Å². The molecule has 0 radical (unpaired) electrons. The van der Waals surface area contributed by atoms with Crippen molar-refractivity contribution in [3.63, 3.8) is 0 Å². The van der Waals surface area contributed by atoms with E-state index in [-0.39, 0.29) is 18.0 Å². The van der Waals surface area contributed by atoms with E-state index in [1.54, 1.807) is 17.9 Å². The van der Waals surface area contributed by atoms with Crippen LogP contribution in [0.1, 0.15) is 65.8 Å². The van der Waals surface area contributed by atoms with Gasteiger partial charge >= 0.3 is 0 Å². The van der Waals surface area contributed by atoms with Crippen molar-refractivity contribution in [1.29, 1.82) is 0 Å². The number of amidine groups is 1. The summed E-state index contributed by atoms with van der Waals surface area (Å²) in [7, 11) is 2.15. The summed E-state index contributed by atoms with van der Waals surface area (Å²) in [4.78, 5) is 29.3. The van der Waals surface area contributed by atoms with Crippen LogP contribution < -0.4 is 5.32 Å². The molecule has 1 N–H and O–H groups in total. The molecule has 0 saturated carbocycles. The predicted molar refractivity (Wildman–Crippen MR) is 188 cm³/mol. The molecule has 0 aliphatic carbocycles. The average Bonchev–Trinajstić information content (AvgIpc) is 3.72. The highest BCUT2D eigenvalue weighted by Gasteiger charge is 2.35. The third-order valence-corrected chi connectivity index (χ3v) is 8.42. The number of aromatic nitrogens is 2. The van der Waals surface area contributed by atoms with Crippen LogP contribution in [0.15, 0.2) is 57.8 Å². The second-order valence-corrected chi connectivity index (χ2v) is 11.7. The molecule has 2 aromatic rings. The van der Waals surface area contributed by atoms with Gasteiger partial charge in [-0.2, -0.15) is 4.98 Å². The summed E-state index contributed by atoms with van der Waals surface area (Å²) in [5.41, 5.74) is 2.64. The van der Waals surface area contributed by atoms with Gasteiger partial charge in [0.1, 0.15) is 11.7 Å². The van der Waals surface area contributed by atoms with E-state index in [9.17, 15) is 4.79 Å². The number of carbonyl (C=O) groups excluding carboxylic acids is 1. The Morgan fingerprint density at radius 3 is 2.41 bits per heavy atom. The van der Waals surface area contributed by atoms with Crippen molar-refractivity contribution >= 4 is 28.9 Å². The van der Waals surface area contributed by atoms with Crippen LogP contribution in [0.3, 0.4) is 0 Å². The second-order valence-electron chi connectivity index (χ2n) is 11.3. The lowest BCUT2D eigenvalue weighted by atomic mass is 9.95. The van der Waals surface area contributed by atoms with Crippen molar-refractivity contribution in [2.75, 3.05) is 53.0 Å². The maximum atomic E-state index is 13.7. The number of aryl methyl sites for hydroxylation is 1. The number of nitrogens with one attached hydrogen (secondary N) is 1. The first-order chi connectivity index (χ1) is 22.2. The van der Waals surface area contributed by atoms with Gasteiger partial charge in [-0.15, -0.1) is 0 Å². The normalized spacial score (nSPS) is 22.2. The van der Waals surface area contributed by atoms with Gasteiger partial charge in [-0.3, -0.25) is 14.6 Å². The fraction of sp³-hybridized carbons (Fsp3) is 0.543. The quantitative estimate of drug-likeness (QED) is 0.360. The molecule has 2 atom stereocenters. The molecular weight excluding hydrogens is 602 g/mol. The highest BCUT2D eigenvalue weighted by molar-refractivity contribution is 6.37. The van der Waals surface area contributed by atoms with E-state index in [4.69, 9.17) is 25.9 Å². The van der Waals surface area contributed by atoms with Crippen LogP contribution in [0.5, 0.6) is 0 Å². The highest BCUT2D eigenvalue weighted by Crippen LogP contribution is 2.33. The molecule has 2 saturated heterocycles. The first kappa shape index (κ1) is 37.2. The van der Waals surface area contributed by atoms with Crippen molar-refractivity contribution in [3.8, 4) is 11.4 Å². The van der Waals surface area contributed by atoms with Crippen molar-refractivity contribution in [2.45, 2.75) is 73.4 Å². The minimum Gasteiger partial charge on any atom is -0.378 e. The number of rotatable bonds is 8. The maximum Gasteiger partial charge on any atom is 0.260 e. The topological polar surface area (TPSA) is 99.3 Å². The Morgan fingerprint density at radius 1 is 1.15 bits per heavy atom. The first-order valence-electron chi connectivity index (χ1n) is 16.6. The maximum absolute atomic E-state index is 13.7. The van der Waals surface area contributed by atoms with Gasteiger partial charge in [0, 0.05) is 66.9 Å². The van der Waals surface area contributed by atoms with E-state index in [1.807, 2.05) is 52.0 Å². The Balaban J connectivity index is 0.000000891. The van der Waals surface area contributed by atoms with Gasteiger partial charge in [0.05, 0.1) is 25.3 Å². The number of piperazine rings is 1. The molecule has 1 aromatic carbocycles. The molecule has 2 fully saturated rings. The molecule has 3 aliphatic rings. The van der Waals surface area contributed by atoms with Gasteiger partial charge in [0.2, 0.25) is 11.7 Å². The zero-order chi connectivity index (χ0) is 33.8. The SMILES string of the molecule is C=C(/N=C1\C(=C/C)C=C(c2ccc(-c3noc(C)n3)cc2Cl)C(=O)N1CC)N[C@@H]1COC[C@@H]1N1CCN(C)CC1.CC.CCCC. The number of benzene rings is 1. The van der Waals surface area contributed by atoms with Crippen LogP contribution in [0.4, 0.5) is 0 Å². The fourth-order valence-corrected chi connectivity index (χ4v) is 5.64. The molecule has 0 spiro atoms. The standard InChI is InChI=1S/C29H36ClN7O3.C4H10.C2H6/c1-6-20-14-23(22-9-8-21(15-24(22)30)27-33-19(4)40-34-27)29(38)37(7-2)28(20)32-18(3)31-25-16-39-17-26(25)36-12-10-35(5)11-13-36;1-3-4-2;1-2/h6,8-9,14-15,25-26,31H,3,7,10-13,16-17H2,1-2,4-5H3;3-4H2,1-2H3;1-2H3/b20-6-,32-28+;;/t25-,26+;;/m1../s1. The first-order valence-corrected chi connectivity index (χ1v) is 16.9. The molecule has 4 heterocycles. The van der Waals surface area contributed by atoms with Gasteiger partial charge in [0.15, 0.2) is 0 Å². The van der Waals surface area contributed by atoms with Crippen LogP contribution in [0.2, 0.25) is 5.02 Å². The molecule has 46 heavy (non-hydrogen) atoms. The Kier molecular flexibility index (Phi) is 14.6. The lowest BCUT2D eigenvalue weighted by Crippen LogP contribution is -2.55. The number of hydrogen-bond donors (Lipinski definition) is 1. The van der Waals surface area contributed by atoms with Gasteiger partial charge < -0.3 is 19.5 Å². The van der Waals surface area contributed by atoms with Gasteiger partial charge in [-0.25, -0.2) is 4.99 Å². The molecule has 252 valence electrons. The largest absolute Gasteiger partial charge is 0.378 e. The highest BCUT2D eigenvalue weighted by atomic mass is 35.5. The zero-order valence-electron chi connectivity index (χ0n) is 28.9. The molecule has 11 heteroatoms. The summed E-state index contributed by atoms with van der Waals surface area (Å²) < 4.78 is 10.9. The lowest BCUT2D eigenvalue weighted by molar-refractivity contribution is -0.121. The number of carbonyl (C=O) groups is 1. The van der Waals surface area contributed by atoms with E-state index >= 15 is 0 Å². The Labute approximate surface area is 280 Å². The van der Waals surface area contributed by atoms with E-state index in [0.29, 0.717) is 64.9 Å². The van der Waals surface area contributed by atoms with Crippen LogP contribution in [0.25, 0.3) is 17.0 Å². The molecule has 10 nitrogen and oxygen atoms in total. The van der Waals surface area contributed by atoms with E-state index in [1.165, 1.54) is 12.8 Å². The minimum atomic E-state index is -0.177. The summed E-state index contributed by atoms with van der Waals surface area (Å²) in [6, 6.07) is 5.73. The third-order valence-electron chi connectivity index (χ3n) is 8.11. The van der Waals surface area contributed by atoms with Crippen LogP contribution >= 0.6 is 11.6 Å². The van der Waals surface area contributed by atoms with Crippen molar-refractivity contribution < 1.29 is 14.1 Å². The molecule has 1 aromatic heterocycles. The number of nitrogens with zero attached hydrogens (tertiary/aromatic N) is 6. The van der Waals surface area contributed by atoms with Crippen LogP contribution in [-0.4, -0.2) is 102 Å². The smallest absolute Gasteiger partial charge is 0.260 e. The summed E-state index contributed by atoms with van der Waals surface area (Å²) in [6.45, 7) is 24.0. The van der Waals surface area contributed by atoms with Crippen LogP contribution in [-0.2, 0) is 9.53 Å². The van der Waals surface area contributed by atoms with Gasteiger partial charge in [-0.1, -0.05) is 82.1 Å². The second kappa shape index (κ2) is 18.1. The summed E-state index contributed by atoms with van der Waals surface area (Å²) in [6.07, 6.45) is 6.42. The fourth-order valence-electron chi connectivity index (χ4n) is 5.36. The van der Waals surface area contributed by atoms with Crippen molar-refractivity contribution in [1.82, 2.24) is 30.2 Å². The minimum absolute atomic E-state index is 0.0788. The summed E-state index contributed by atoms with van der Waals surface area (Å²) in [5, 5.41) is 7.86. The Hall–Kier alpha value is -3.31. The Morgan fingerprint density at radius 2 is 1.85 bits per heavy atom. The molecule has 3 aliphatic heterocycles. The van der Waals surface area contributed by atoms with Gasteiger partial charge in [-0.05, 0) is 33.0 Å². The van der Waals surface area contributed by atoms with Gasteiger partial charge in [0.25, 0.3) is 5.91 Å². The number of amides is 1. The third kappa shape index (κ3) is 9.15. The van der Waals surface area contributed by atoms with Crippen LogP contribution in [0, 0.1) is 6.92 Å². The monoisotopic (exact) mass is 653 g/mol. The molecule has 5 rings (SSSR count).